The third-order valence-electron chi connectivity index (χ3n) is 0.751. The van der Waals surface area contributed by atoms with Gasteiger partial charge in [-0.05, 0) is 0 Å². The van der Waals surface area contributed by atoms with E-state index < -0.39 is 11.9 Å². The molecule has 0 saturated heterocycles. The van der Waals surface area contributed by atoms with Crippen LogP contribution >= 0.6 is 21.6 Å². The van der Waals surface area contributed by atoms with Gasteiger partial charge in [-0.1, -0.05) is 21.6 Å². The third kappa shape index (κ3) is 9.38. The molecule has 0 fully saturated rings. The van der Waals surface area contributed by atoms with E-state index in [0.717, 1.165) is 0 Å². The average molecular weight is 210 g/mol. The van der Waals surface area contributed by atoms with E-state index in [4.69, 9.17) is 20.4 Å². The van der Waals surface area contributed by atoms with E-state index >= 15 is 0 Å². The fourth-order valence-corrected chi connectivity index (χ4v) is 1.93. The summed E-state index contributed by atoms with van der Waals surface area (Å²) in [6, 6.07) is 0. The second-order valence-corrected chi connectivity index (χ2v) is 4.25. The molecule has 4 nitrogen and oxygen atoms in total. The quantitative estimate of drug-likeness (QED) is 0.317. The van der Waals surface area contributed by atoms with Gasteiger partial charge in [0, 0.05) is 23.7 Å². The Morgan fingerprint density at radius 2 is 1.17 bits per heavy atom. The fourth-order valence-electron chi connectivity index (χ4n) is 0.313. The summed E-state index contributed by atoms with van der Waals surface area (Å²) in [6.45, 7) is 0. The summed E-state index contributed by atoms with van der Waals surface area (Å²) in [5.74, 6) is -0.452. The lowest BCUT2D eigenvalue weighted by atomic mass is 10.7. The molecule has 0 saturated carbocycles. The van der Waals surface area contributed by atoms with Gasteiger partial charge >= 0.3 is 0 Å². The zero-order valence-electron chi connectivity index (χ0n) is 6.17. The monoisotopic (exact) mass is 210 g/mol. The van der Waals surface area contributed by atoms with Crippen LogP contribution in [-0.4, -0.2) is 31.9 Å². The van der Waals surface area contributed by atoms with Crippen LogP contribution in [-0.2, 0) is 0 Å². The molecule has 0 amide bonds. The highest BCUT2D eigenvalue weighted by molar-refractivity contribution is 8.76. The van der Waals surface area contributed by atoms with Crippen molar-refractivity contribution in [2.75, 3.05) is 11.5 Å². The first kappa shape index (κ1) is 11.4. The van der Waals surface area contributed by atoms with E-state index in [1.807, 2.05) is 0 Å². The van der Waals surface area contributed by atoms with Crippen molar-refractivity contribution in [3.8, 4) is 0 Å². The van der Waals surface area contributed by atoms with Crippen LogP contribution in [0.1, 0.15) is 0 Å². The molecular weight excluding hydrogens is 200 g/mol. The highest BCUT2D eigenvalue weighted by Crippen LogP contribution is 2.21. The van der Waals surface area contributed by atoms with Crippen molar-refractivity contribution in [3.63, 3.8) is 0 Å². The molecule has 0 unspecified atom stereocenters. The van der Waals surface area contributed by atoms with Crippen LogP contribution in [0.3, 0.4) is 0 Å². The maximum Gasteiger partial charge on any atom is 0.270 e. The van der Waals surface area contributed by atoms with Crippen molar-refractivity contribution >= 4 is 21.6 Å². The van der Waals surface area contributed by atoms with Gasteiger partial charge in [-0.25, -0.2) is 0 Å². The van der Waals surface area contributed by atoms with Crippen molar-refractivity contribution in [2.24, 2.45) is 0 Å². The Balaban J connectivity index is 3.23. The number of hydrogen-bond acceptors (Lipinski definition) is 6. The lowest BCUT2D eigenvalue weighted by molar-refractivity contribution is 0.189. The Hall–Kier alpha value is -0.620. The number of hydrogen-bond donors (Lipinski definition) is 4. The molecule has 6 heteroatoms. The van der Waals surface area contributed by atoms with Crippen LogP contribution in [0.25, 0.3) is 0 Å². The first-order valence-corrected chi connectivity index (χ1v) is 5.52. The Labute approximate surface area is 78.0 Å². The molecule has 4 N–H and O–H groups in total. The summed E-state index contributed by atoms with van der Waals surface area (Å²) >= 11 is 0. The molecule has 0 aromatic rings. The largest absolute Gasteiger partial charge is 0.481 e. The van der Waals surface area contributed by atoms with Crippen molar-refractivity contribution < 1.29 is 20.4 Å². The van der Waals surface area contributed by atoms with Crippen molar-refractivity contribution in [1.82, 2.24) is 0 Å². The number of aliphatic hydroxyl groups is 4. The van der Waals surface area contributed by atoms with Crippen LogP contribution in [0.5, 0.6) is 0 Å². The molecule has 70 valence electrons. The maximum atomic E-state index is 8.30. The minimum absolute atomic E-state index is 0.465. The summed E-state index contributed by atoms with van der Waals surface area (Å²) in [7, 11) is 2.75. The molecule has 0 rings (SSSR count). The van der Waals surface area contributed by atoms with Gasteiger partial charge in [0.25, 0.3) is 11.9 Å². The molecule has 0 aliphatic carbocycles. The van der Waals surface area contributed by atoms with Crippen LogP contribution in [0.2, 0.25) is 0 Å². The summed E-state index contributed by atoms with van der Waals surface area (Å²) in [6.07, 6.45) is 2.50. The first-order chi connectivity index (χ1) is 5.63. The summed E-state index contributed by atoms with van der Waals surface area (Å²) in [5.41, 5.74) is 0. The Morgan fingerprint density at radius 1 is 0.833 bits per heavy atom. The van der Waals surface area contributed by atoms with Gasteiger partial charge in [0.15, 0.2) is 0 Å². The second kappa shape index (κ2) is 7.05. The number of rotatable bonds is 5. The molecule has 0 bridgehead atoms. The van der Waals surface area contributed by atoms with Gasteiger partial charge in [-0.2, -0.15) is 0 Å². The van der Waals surface area contributed by atoms with E-state index in [-0.39, 0.29) is 0 Å². The van der Waals surface area contributed by atoms with E-state index in [0.29, 0.717) is 11.5 Å². The van der Waals surface area contributed by atoms with Gasteiger partial charge in [0.1, 0.15) is 0 Å². The first-order valence-electron chi connectivity index (χ1n) is 3.03. The minimum atomic E-state index is -0.691. The molecule has 12 heavy (non-hydrogen) atoms. The summed E-state index contributed by atoms with van der Waals surface area (Å²) in [5, 5.41) is 33.2. The molecule has 0 aliphatic rings. The minimum Gasteiger partial charge on any atom is -0.481 e. The highest BCUT2D eigenvalue weighted by atomic mass is 33.1. The molecule has 0 atom stereocenters. The predicted molar refractivity (Wildman–Crippen MR) is 51.6 cm³/mol. The van der Waals surface area contributed by atoms with Crippen LogP contribution in [0.4, 0.5) is 0 Å². The van der Waals surface area contributed by atoms with Gasteiger partial charge in [-0.15, -0.1) is 0 Å². The number of aliphatic hydroxyl groups excluding tert-OH is 2. The molecule has 0 heterocycles. The smallest absolute Gasteiger partial charge is 0.270 e. The zero-order chi connectivity index (χ0) is 9.40. The zero-order valence-corrected chi connectivity index (χ0v) is 7.81. The van der Waals surface area contributed by atoms with E-state index in [1.54, 1.807) is 0 Å². The second-order valence-electron chi connectivity index (χ2n) is 1.69. The van der Waals surface area contributed by atoms with Crippen molar-refractivity contribution in [3.05, 3.63) is 24.0 Å². The van der Waals surface area contributed by atoms with E-state index in [9.17, 15) is 0 Å². The Bertz CT molecular complexity index is 150. The van der Waals surface area contributed by atoms with Gasteiger partial charge < -0.3 is 20.4 Å². The molecule has 0 aliphatic heterocycles. The SMILES string of the molecule is OC(O)=CCSSCC=C(O)O. The van der Waals surface area contributed by atoms with Crippen LogP contribution < -0.4 is 0 Å². The van der Waals surface area contributed by atoms with Gasteiger partial charge in [0.2, 0.25) is 0 Å². The third-order valence-corrected chi connectivity index (χ3v) is 2.84. The van der Waals surface area contributed by atoms with Crippen molar-refractivity contribution in [2.45, 2.75) is 0 Å². The predicted octanol–water partition coefficient (Wildman–Crippen LogP) is 2.28. The standard InChI is InChI=1S/C6H10O4S2/c7-5(8)1-3-11-12-4-2-6(9)10/h1-2,7-10H,3-4H2. The van der Waals surface area contributed by atoms with Crippen LogP contribution in [0.15, 0.2) is 24.0 Å². The molecule has 0 radical (unpaired) electrons. The molecule has 0 aromatic carbocycles. The Kier molecular flexibility index (Phi) is 6.69. The van der Waals surface area contributed by atoms with Gasteiger partial charge in [-0.3, -0.25) is 0 Å². The summed E-state index contributed by atoms with van der Waals surface area (Å²) < 4.78 is 0. The fraction of sp³-hybridized carbons (Fsp3) is 0.333. The van der Waals surface area contributed by atoms with Gasteiger partial charge in [0.05, 0.1) is 0 Å². The molecule has 0 aromatic heterocycles. The van der Waals surface area contributed by atoms with Crippen molar-refractivity contribution in [1.29, 1.82) is 0 Å². The summed E-state index contributed by atoms with van der Waals surface area (Å²) in [4.78, 5) is 0. The van der Waals surface area contributed by atoms with E-state index in [1.165, 1.54) is 33.7 Å². The lowest BCUT2D eigenvalue weighted by Crippen LogP contribution is -1.79. The molecule has 0 spiro atoms. The normalized spacial score (nSPS) is 9.00. The maximum absolute atomic E-state index is 8.30. The Morgan fingerprint density at radius 3 is 1.42 bits per heavy atom. The lowest BCUT2D eigenvalue weighted by Gasteiger charge is -1.92. The average Bonchev–Trinajstić information content (AvgIpc) is 1.95. The van der Waals surface area contributed by atoms with Crippen LogP contribution in [0, 0.1) is 0 Å². The van der Waals surface area contributed by atoms with E-state index in [2.05, 4.69) is 0 Å². The molecular formula is C6H10O4S2. The highest BCUT2D eigenvalue weighted by Gasteiger charge is 1.89. The topological polar surface area (TPSA) is 80.9 Å².